The van der Waals surface area contributed by atoms with Crippen LogP contribution < -0.4 is 5.43 Å². The SMILES string of the molecule is Cc1cccc2c1C(C1CCCCCCC1)=N[N]2. The third kappa shape index (κ3) is 2.16. The van der Waals surface area contributed by atoms with Crippen molar-refractivity contribution in [3.8, 4) is 0 Å². The van der Waals surface area contributed by atoms with Gasteiger partial charge in [-0.3, -0.25) is 0 Å². The quantitative estimate of drug-likeness (QED) is 0.700. The summed E-state index contributed by atoms with van der Waals surface area (Å²) in [7, 11) is 0. The van der Waals surface area contributed by atoms with Crippen molar-refractivity contribution in [2.45, 2.75) is 51.9 Å². The van der Waals surface area contributed by atoms with E-state index in [1.807, 2.05) is 0 Å². The molecule has 18 heavy (non-hydrogen) atoms. The Morgan fingerprint density at radius 2 is 1.72 bits per heavy atom. The van der Waals surface area contributed by atoms with Crippen LogP contribution in [0.2, 0.25) is 0 Å². The highest BCUT2D eigenvalue weighted by Gasteiger charge is 2.26. The van der Waals surface area contributed by atoms with Crippen molar-refractivity contribution in [3.63, 3.8) is 0 Å². The van der Waals surface area contributed by atoms with Gasteiger partial charge in [-0.05, 0) is 31.4 Å². The van der Waals surface area contributed by atoms with Gasteiger partial charge in [0.25, 0.3) is 0 Å². The van der Waals surface area contributed by atoms with Crippen LogP contribution in [0.15, 0.2) is 23.3 Å². The van der Waals surface area contributed by atoms with Crippen LogP contribution in [0.1, 0.15) is 56.1 Å². The van der Waals surface area contributed by atoms with Gasteiger partial charge in [0, 0.05) is 11.5 Å². The number of fused-ring (bicyclic) bond motifs is 1. The van der Waals surface area contributed by atoms with Crippen LogP contribution in [-0.4, -0.2) is 5.71 Å². The normalized spacial score (nSPS) is 20.6. The van der Waals surface area contributed by atoms with Crippen molar-refractivity contribution >= 4 is 11.4 Å². The summed E-state index contributed by atoms with van der Waals surface area (Å²) in [5.41, 5.74) is 9.35. The Bertz CT molecular complexity index is 454. The third-order valence-electron chi connectivity index (χ3n) is 4.26. The van der Waals surface area contributed by atoms with Crippen LogP contribution in [-0.2, 0) is 0 Å². The molecule has 1 heterocycles. The molecular weight excluding hydrogens is 220 g/mol. The molecule has 0 saturated heterocycles. The molecule has 1 radical (unpaired) electrons. The fourth-order valence-corrected chi connectivity index (χ4v) is 3.24. The van der Waals surface area contributed by atoms with Crippen molar-refractivity contribution in [1.82, 2.24) is 5.43 Å². The molecule has 95 valence electrons. The van der Waals surface area contributed by atoms with Crippen LogP contribution in [0.5, 0.6) is 0 Å². The predicted octanol–water partition coefficient (Wildman–Crippen LogP) is 4.31. The second-order valence-electron chi connectivity index (χ2n) is 5.60. The highest BCUT2D eigenvalue weighted by molar-refractivity contribution is 6.09. The molecule has 0 atom stereocenters. The van der Waals surface area contributed by atoms with Crippen molar-refractivity contribution in [3.05, 3.63) is 29.3 Å². The summed E-state index contributed by atoms with van der Waals surface area (Å²) in [6.07, 6.45) is 9.49. The second-order valence-corrected chi connectivity index (χ2v) is 5.60. The maximum absolute atomic E-state index is 4.50. The van der Waals surface area contributed by atoms with Crippen LogP contribution in [0.25, 0.3) is 0 Å². The Morgan fingerprint density at radius 3 is 2.50 bits per heavy atom. The summed E-state index contributed by atoms with van der Waals surface area (Å²) in [5.74, 6) is 0.636. The molecule has 1 aliphatic heterocycles. The molecule has 0 unspecified atom stereocenters. The molecule has 0 N–H and O–H groups in total. The summed E-state index contributed by atoms with van der Waals surface area (Å²) < 4.78 is 0. The van der Waals surface area contributed by atoms with Crippen LogP contribution in [0, 0.1) is 12.8 Å². The largest absolute Gasteiger partial charge is 0.154 e. The maximum atomic E-state index is 4.50. The monoisotopic (exact) mass is 241 g/mol. The van der Waals surface area contributed by atoms with Gasteiger partial charge in [0.05, 0.1) is 11.4 Å². The summed E-state index contributed by atoms with van der Waals surface area (Å²) in [4.78, 5) is 0. The van der Waals surface area contributed by atoms with E-state index >= 15 is 0 Å². The van der Waals surface area contributed by atoms with Gasteiger partial charge in [-0.1, -0.05) is 44.2 Å². The van der Waals surface area contributed by atoms with Crippen LogP contribution in [0.3, 0.4) is 0 Å². The number of benzene rings is 1. The molecule has 1 saturated carbocycles. The number of hydrogen-bond acceptors (Lipinski definition) is 1. The molecule has 0 aromatic heterocycles. The van der Waals surface area contributed by atoms with E-state index in [0.717, 1.165) is 5.69 Å². The summed E-state index contributed by atoms with van der Waals surface area (Å²) in [5, 5.41) is 4.50. The van der Waals surface area contributed by atoms with Gasteiger partial charge in [-0.2, -0.15) is 10.5 Å². The van der Waals surface area contributed by atoms with E-state index in [1.54, 1.807) is 0 Å². The minimum Gasteiger partial charge on any atom is -0.154 e. The van der Waals surface area contributed by atoms with Crippen molar-refractivity contribution in [1.29, 1.82) is 0 Å². The fraction of sp³-hybridized carbons (Fsp3) is 0.562. The second kappa shape index (κ2) is 5.13. The van der Waals surface area contributed by atoms with E-state index in [9.17, 15) is 0 Å². The van der Waals surface area contributed by atoms with Crippen LogP contribution in [0.4, 0.5) is 5.69 Å². The predicted molar refractivity (Wildman–Crippen MR) is 75.3 cm³/mol. The van der Waals surface area contributed by atoms with Gasteiger partial charge >= 0.3 is 0 Å². The zero-order chi connectivity index (χ0) is 12.4. The van der Waals surface area contributed by atoms with E-state index in [4.69, 9.17) is 0 Å². The number of rotatable bonds is 1. The fourth-order valence-electron chi connectivity index (χ4n) is 3.24. The number of aryl methyl sites for hydroxylation is 1. The number of nitrogens with zero attached hydrogens (tertiary/aromatic N) is 2. The van der Waals surface area contributed by atoms with E-state index in [1.165, 1.54) is 61.8 Å². The van der Waals surface area contributed by atoms with Crippen molar-refractivity contribution in [2.24, 2.45) is 11.0 Å². The number of hydrogen-bond donors (Lipinski definition) is 0. The lowest BCUT2D eigenvalue weighted by Gasteiger charge is -2.20. The lowest BCUT2D eigenvalue weighted by molar-refractivity contribution is 0.452. The molecule has 2 heteroatoms. The molecule has 1 aliphatic carbocycles. The molecule has 1 fully saturated rings. The van der Waals surface area contributed by atoms with Gasteiger partial charge in [0.2, 0.25) is 0 Å². The lowest BCUT2D eigenvalue weighted by Crippen LogP contribution is -2.16. The Balaban J connectivity index is 1.86. The van der Waals surface area contributed by atoms with E-state index in [-0.39, 0.29) is 0 Å². The smallest absolute Gasteiger partial charge is 0.0950 e. The van der Waals surface area contributed by atoms with Crippen molar-refractivity contribution < 1.29 is 0 Å². The highest BCUT2D eigenvalue weighted by atomic mass is 15.3. The first-order chi connectivity index (χ1) is 8.86. The van der Waals surface area contributed by atoms with E-state index < -0.39 is 0 Å². The zero-order valence-electron chi connectivity index (χ0n) is 11.2. The molecular formula is C16H21N2. The molecule has 3 rings (SSSR count). The third-order valence-corrected chi connectivity index (χ3v) is 4.26. The Hall–Kier alpha value is -1.31. The Morgan fingerprint density at radius 1 is 1.00 bits per heavy atom. The van der Waals surface area contributed by atoms with Gasteiger partial charge in [-0.15, -0.1) is 0 Å². The van der Waals surface area contributed by atoms with Gasteiger partial charge in [0.1, 0.15) is 0 Å². The van der Waals surface area contributed by atoms with Gasteiger partial charge in [0.15, 0.2) is 0 Å². The molecule has 0 amide bonds. The first-order valence-corrected chi connectivity index (χ1v) is 7.25. The van der Waals surface area contributed by atoms with Gasteiger partial charge < -0.3 is 0 Å². The average molecular weight is 241 g/mol. The first-order valence-electron chi connectivity index (χ1n) is 7.25. The van der Waals surface area contributed by atoms with Crippen molar-refractivity contribution in [2.75, 3.05) is 0 Å². The summed E-state index contributed by atoms with van der Waals surface area (Å²) >= 11 is 0. The topological polar surface area (TPSA) is 26.5 Å². The maximum Gasteiger partial charge on any atom is 0.0950 e. The summed E-state index contributed by atoms with van der Waals surface area (Å²) in [6.45, 7) is 2.18. The van der Waals surface area contributed by atoms with Crippen LogP contribution >= 0.6 is 0 Å². The Kier molecular flexibility index (Phi) is 3.35. The molecule has 1 aromatic carbocycles. The minimum atomic E-state index is 0.636. The summed E-state index contributed by atoms with van der Waals surface area (Å²) in [6, 6.07) is 6.34. The van der Waals surface area contributed by atoms with Gasteiger partial charge in [-0.25, -0.2) is 0 Å². The molecule has 2 nitrogen and oxygen atoms in total. The molecule has 0 spiro atoms. The molecule has 1 aromatic rings. The molecule has 0 bridgehead atoms. The van der Waals surface area contributed by atoms with E-state index in [2.05, 4.69) is 35.7 Å². The molecule has 2 aliphatic rings. The zero-order valence-corrected chi connectivity index (χ0v) is 11.2. The Labute approximate surface area is 109 Å². The average Bonchev–Trinajstić information content (AvgIpc) is 2.74. The lowest BCUT2D eigenvalue weighted by atomic mass is 9.84. The minimum absolute atomic E-state index is 0.636. The standard InChI is InChI=1S/C16H21N2/c1-12-8-7-11-14-15(12)16(18-17-14)13-9-5-3-2-4-6-10-13/h7-8,11,13H,2-6,9-10H2,1H3. The first kappa shape index (κ1) is 11.8. The highest BCUT2D eigenvalue weighted by Crippen LogP contribution is 2.33. The van der Waals surface area contributed by atoms with E-state index in [0.29, 0.717) is 5.92 Å².